The topological polar surface area (TPSA) is 18.5 Å². The first kappa shape index (κ1) is 12.0. The van der Waals surface area contributed by atoms with Gasteiger partial charge in [0.15, 0.2) is 0 Å². The lowest BCUT2D eigenvalue weighted by atomic mass is 10.1. The Morgan fingerprint density at radius 1 is 1.35 bits per heavy atom. The van der Waals surface area contributed by atoms with Gasteiger partial charge in [-0.1, -0.05) is 38.0 Å². The predicted octanol–water partition coefficient (Wildman–Crippen LogP) is 3.16. The summed E-state index contributed by atoms with van der Waals surface area (Å²) >= 11 is 0. The molecule has 0 saturated carbocycles. The van der Waals surface area contributed by atoms with Gasteiger partial charge in [0, 0.05) is 19.3 Å². The van der Waals surface area contributed by atoms with E-state index in [1.165, 1.54) is 0 Å². The summed E-state index contributed by atoms with van der Waals surface area (Å²) < 4.78 is 12.0. The molecule has 0 fully saturated rings. The number of rotatable bonds is 2. The van der Waals surface area contributed by atoms with E-state index >= 15 is 0 Å². The molecule has 0 N–H and O–H groups in total. The molecule has 1 heterocycles. The van der Waals surface area contributed by atoms with Crippen LogP contribution in [0.5, 0.6) is 5.75 Å². The molecule has 0 radical (unpaired) electrons. The lowest BCUT2D eigenvalue weighted by Crippen LogP contribution is -2.40. The van der Waals surface area contributed by atoms with Crippen molar-refractivity contribution in [1.29, 1.82) is 0 Å². The molecule has 0 bridgehead atoms. The smallest absolute Gasteiger partial charge is 0.211 e. The molecule has 2 rings (SSSR count). The summed E-state index contributed by atoms with van der Waals surface area (Å²) in [4.78, 5) is 0. The quantitative estimate of drug-likeness (QED) is 0.727. The van der Waals surface area contributed by atoms with Crippen LogP contribution in [0.2, 0.25) is 0 Å². The maximum Gasteiger partial charge on any atom is 0.211 e. The molecule has 0 saturated heterocycles. The van der Waals surface area contributed by atoms with Gasteiger partial charge in [0.25, 0.3) is 0 Å². The second-order valence-corrected chi connectivity index (χ2v) is 4.30. The molecule has 1 aromatic carbocycles. The molecule has 1 unspecified atom stereocenters. The van der Waals surface area contributed by atoms with Crippen molar-refractivity contribution in [1.82, 2.24) is 0 Å². The number of hydrogen-bond donors (Lipinski definition) is 0. The third-order valence-corrected chi connectivity index (χ3v) is 3.29. The highest BCUT2D eigenvalue weighted by Crippen LogP contribution is 2.34. The minimum absolute atomic E-state index is 0.210. The molecule has 2 nitrogen and oxygen atoms in total. The fraction of sp³-hybridized carbons (Fsp3) is 0.467. The maximum absolute atomic E-state index is 6.06. The summed E-state index contributed by atoms with van der Waals surface area (Å²) in [6.07, 6.45) is 7.61. The Labute approximate surface area is 103 Å². The zero-order chi connectivity index (χ0) is 12.3. The van der Waals surface area contributed by atoms with Gasteiger partial charge in [0.2, 0.25) is 5.79 Å². The summed E-state index contributed by atoms with van der Waals surface area (Å²) in [5, 5.41) is 0. The van der Waals surface area contributed by atoms with Crippen LogP contribution in [0, 0.1) is 12.3 Å². The Morgan fingerprint density at radius 3 is 2.71 bits per heavy atom. The van der Waals surface area contributed by atoms with E-state index in [9.17, 15) is 0 Å². The van der Waals surface area contributed by atoms with Gasteiger partial charge in [-0.25, -0.2) is 0 Å². The highest BCUT2D eigenvalue weighted by molar-refractivity contribution is 5.36. The average Bonchev–Trinajstić information content (AvgIpc) is 2.55. The molecule has 90 valence electrons. The van der Waals surface area contributed by atoms with E-state index in [0.29, 0.717) is 6.42 Å². The molecular weight excluding hydrogens is 212 g/mol. The highest BCUT2D eigenvalue weighted by Gasteiger charge is 2.35. The largest absolute Gasteiger partial charge is 0.462 e. The monoisotopic (exact) mass is 230 g/mol. The van der Waals surface area contributed by atoms with Crippen LogP contribution in [0.15, 0.2) is 24.3 Å². The molecule has 1 atom stereocenters. The van der Waals surface area contributed by atoms with E-state index in [0.717, 1.165) is 24.2 Å². The van der Waals surface area contributed by atoms with E-state index in [1.807, 2.05) is 24.3 Å². The van der Waals surface area contributed by atoms with E-state index in [2.05, 4.69) is 19.8 Å². The Kier molecular flexibility index (Phi) is 3.40. The number of ether oxygens (including phenoxy) is 2. The molecule has 0 amide bonds. The first-order valence-corrected chi connectivity index (χ1v) is 6.14. The number of hydrogen-bond acceptors (Lipinski definition) is 2. The first-order valence-electron chi connectivity index (χ1n) is 6.14. The lowest BCUT2D eigenvalue weighted by Gasteiger charge is -2.32. The Bertz CT molecular complexity index is 427. The fourth-order valence-electron chi connectivity index (χ4n) is 2.15. The van der Waals surface area contributed by atoms with Gasteiger partial charge < -0.3 is 9.47 Å². The first-order chi connectivity index (χ1) is 8.23. The van der Waals surface area contributed by atoms with Crippen LogP contribution in [-0.2, 0) is 11.2 Å². The summed E-state index contributed by atoms with van der Waals surface area (Å²) in [7, 11) is 0. The molecule has 1 aliphatic heterocycles. The van der Waals surface area contributed by atoms with Crippen molar-refractivity contribution in [2.45, 2.75) is 45.0 Å². The van der Waals surface area contributed by atoms with Gasteiger partial charge in [-0.3, -0.25) is 0 Å². The maximum atomic E-state index is 6.06. The highest BCUT2D eigenvalue weighted by atomic mass is 16.7. The molecular formula is C15H18O2. The zero-order valence-electron chi connectivity index (χ0n) is 10.4. The standard InChI is InChI=1S/C15H18O2/c1-4-13-11-12-9-7-8-10-14(12)17-15(5-2,6-3)16-13/h1,7-10,13H,5-6,11H2,2-3H3. The summed E-state index contributed by atoms with van der Waals surface area (Å²) in [6.45, 7) is 4.12. The SMILES string of the molecule is C#CC1Cc2ccccc2OC(CC)(CC)O1. The Balaban J connectivity index is 2.41. The second-order valence-electron chi connectivity index (χ2n) is 4.30. The predicted molar refractivity (Wildman–Crippen MR) is 67.8 cm³/mol. The minimum atomic E-state index is -0.580. The van der Waals surface area contributed by atoms with Crippen LogP contribution in [0.25, 0.3) is 0 Å². The number of fused-ring (bicyclic) bond motifs is 1. The van der Waals surface area contributed by atoms with Crippen molar-refractivity contribution < 1.29 is 9.47 Å². The third-order valence-electron chi connectivity index (χ3n) is 3.29. The van der Waals surface area contributed by atoms with Gasteiger partial charge in [-0.2, -0.15) is 0 Å². The molecule has 17 heavy (non-hydrogen) atoms. The molecule has 0 spiro atoms. The van der Waals surface area contributed by atoms with Crippen LogP contribution in [-0.4, -0.2) is 11.9 Å². The normalized spacial score (nSPS) is 21.8. The summed E-state index contributed by atoms with van der Waals surface area (Å²) in [6, 6.07) is 8.01. The van der Waals surface area contributed by atoms with Crippen LogP contribution in [0.1, 0.15) is 32.3 Å². The average molecular weight is 230 g/mol. The van der Waals surface area contributed by atoms with Gasteiger partial charge >= 0.3 is 0 Å². The van der Waals surface area contributed by atoms with Crippen LogP contribution >= 0.6 is 0 Å². The number of benzene rings is 1. The van der Waals surface area contributed by atoms with Crippen molar-refractivity contribution >= 4 is 0 Å². The molecule has 1 aromatic rings. The lowest BCUT2D eigenvalue weighted by molar-refractivity contribution is -0.196. The van der Waals surface area contributed by atoms with E-state index < -0.39 is 5.79 Å². The van der Waals surface area contributed by atoms with Crippen molar-refractivity contribution in [3.8, 4) is 18.1 Å². The Morgan fingerprint density at radius 2 is 2.06 bits per heavy atom. The van der Waals surface area contributed by atoms with Gasteiger partial charge in [0.1, 0.15) is 11.9 Å². The third kappa shape index (κ3) is 2.30. The van der Waals surface area contributed by atoms with Crippen LogP contribution in [0.4, 0.5) is 0 Å². The molecule has 0 aliphatic carbocycles. The minimum Gasteiger partial charge on any atom is -0.462 e. The van der Waals surface area contributed by atoms with Gasteiger partial charge in [0.05, 0.1) is 0 Å². The molecule has 2 heteroatoms. The van der Waals surface area contributed by atoms with Crippen molar-refractivity contribution in [2.75, 3.05) is 0 Å². The van der Waals surface area contributed by atoms with Gasteiger partial charge in [-0.05, 0) is 11.6 Å². The Hall–Kier alpha value is -1.46. The summed E-state index contributed by atoms with van der Waals surface area (Å²) in [5.41, 5.74) is 1.12. The van der Waals surface area contributed by atoms with Gasteiger partial charge in [-0.15, -0.1) is 6.42 Å². The van der Waals surface area contributed by atoms with Crippen LogP contribution in [0.3, 0.4) is 0 Å². The van der Waals surface area contributed by atoms with Crippen molar-refractivity contribution in [2.24, 2.45) is 0 Å². The summed E-state index contributed by atoms with van der Waals surface area (Å²) in [5.74, 6) is 3.02. The van der Waals surface area contributed by atoms with E-state index in [1.54, 1.807) is 0 Å². The van der Waals surface area contributed by atoms with Crippen LogP contribution < -0.4 is 4.74 Å². The molecule has 0 aromatic heterocycles. The van der Waals surface area contributed by atoms with E-state index in [4.69, 9.17) is 15.9 Å². The molecule has 1 aliphatic rings. The van der Waals surface area contributed by atoms with E-state index in [-0.39, 0.29) is 6.10 Å². The fourth-order valence-corrected chi connectivity index (χ4v) is 2.15. The number of para-hydroxylation sites is 1. The van der Waals surface area contributed by atoms with Crippen molar-refractivity contribution in [3.05, 3.63) is 29.8 Å². The second kappa shape index (κ2) is 4.81. The number of terminal acetylenes is 1. The van der Waals surface area contributed by atoms with Crippen molar-refractivity contribution in [3.63, 3.8) is 0 Å². The zero-order valence-corrected chi connectivity index (χ0v) is 10.4.